The van der Waals surface area contributed by atoms with Crippen LogP contribution < -0.4 is 5.32 Å². The lowest BCUT2D eigenvalue weighted by molar-refractivity contribution is -0.124. The average molecular weight is 445 g/mol. The summed E-state index contributed by atoms with van der Waals surface area (Å²) in [6.07, 6.45) is 5.09. The largest absolute Gasteiger partial charge is 0.355 e. The van der Waals surface area contributed by atoms with Crippen molar-refractivity contribution in [2.24, 2.45) is 0 Å². The molecular formula is C27H28N2O2S. The van der Waals surface area contributed by atoms with Gasteiger partial charge >= 0.3 is 0 Å². The summed E-state index contributed by atoms with van der Waals surface area (Å²) in [7, 11) is 0. The molecule has 2 amide bonds. The summed E-state index contributed by atoms with van der Waals surface area (Å²) in [5.74, 6) is -0.333. The van der Waals surface area contributed by atoms with Crippen molar-refractivity contribution in [3.05, 3.63) is 93.7 Å². The van der Waals surface area contributed by atoms with Crippen molar-refractivity contribution in [3.63, 3.8) is 0 Å². The Hall–Kier alpha value is -2.92. The number of amides is 2. The van der Waals surface area contributed by atoms with E-state index in [4.69, 9.17) is 0 Å². The number of rotatable bonds is 6. The first-order chi connectivity index (χ1) is 15.7. The van der Waals surface area contributed by atoms with Crippen LogP contribution in [0.1, 0.15) is 64.0 Å². The molecule has 4 nitrogen and oxygen atoms in total. The van der Waals surface area contributed by atoms with Crippen molar-refractivity contribution in [2.75, 3.05) is 6.54 Å². The summed E-state index contributed by atoms with van der Waals surface area (Å²) in [6, 6.07) is 21.9. The number of nitrogens with zero attached hydrogens (tertiary/aromatic N) is 1. The summed E-state index contributed by atoms with van der Waals surface area (Å²) in [6.45, 7) is 0.579. The summed E-state index contributed by atoms with van der Waals surface area (Å²) in [5, 5.41) is 5.23. The van der Waals surface area contributed by atoms with E-state index in [1.165, 1.54) is 5.56 Å². The summed E-state index contributed by atoms with van der Waals surface area (Å²) in [5.41, 5.74) is 2.73. The maximum Gasteiger partial charge on any atom is 0.254 e. The van der Waals surface area contributed by atoms with Crippen LogP contribution in [0.25, 0.3) is 0 Å². The van der Waals surface area contributed by atoms with E-state index < -0.39 is 5.92 Å². The number of carbonyl (C=O) groups is 2. The highest BCUT2D eigenvalue weighted by Gasteiger charge is 2.47. The maximum absolute atomic E-state index is 13.7. The monoisotopic (exact) mass is 444 g/mol. The van der Waals surface area contributed by atoms with Gasteiger partial charge in [-0.3, -0.25) is 9.59 Å². The molecule has 5 heteroatoms. The van der Waals surface area contributed by atoms with Gasteiger partial charge in [0.2, 0.25) is 5.91 Å². The molecule has 0 saturated heterocycles. The van der Waals surface area contributed by atoms with Gasteiger partial charge in [0.25, 0.3) is 5.91 Å². The van der Waals surface area contributed by atoms with E-state index >= 15 is 0 Å². The highest BCUT2D eigenvalue weighted by molar-refractivity contribution is 7.10. The Labute approximate surface area is 193 Å². The molecule has 1 aliphatic heterocycles. The van der Waals surface area contributed by atoms with Crippen LogP contribution in [-0.4, -0.2) is 29.3 Å². The summed E-state index contributed by atoms with van der Waals surface area (Å²) < 4.78 is 0. The van der Waals surface area contributed by atoms with E-state index in [2.05, 4.69) is 23.5 Å². The summed E-state index contributed by atoms with van der Waals surface area (Å²) >= 11 is 1.64. The molecule has 2 aromatic carbocycles. The zero-order valence-electron chi connectivity index (χ0n) is 18.1. The van der Waals surface area contributed by atoms with Crippen LogP contribution >= 0.6 is 11.3 Å². The Morgan fingerprint density at radius 2 is 1.72 bits per heavy atom. The second-order valence-corrected chi connectivity index (χ2v) is 9.68. The van der Waals surface area contributed by atoms with E-state index in [9.17, 15) is 9.59 Å². The summed E-state index contributed by atoms with van der Waals surface area (Å²) in [4.78, 5) is 30.5. The third-order valence-corrected chi connectivity index (χ3v) is 7.71. The fourth-order valence-electron chi connectivity index (χ4n) is 5.26. The van der Waals surface area contributed by atoms with Crippen LogP contribution in [-0.2, 0) is 11.2 Å². The van der Waals surface area contributed by atoms with Crippen molar-refractivity contribution in [1.29, 1.82) is 0 Å². The lowest BCUT2D eigenvalue weighted by Crippen LogP contribution is -2.50. The normalized spacial score (nSPS) is 20.9. The molecule has 164 valence electrons. The SMILES string of the molecule is O=C(NCCc1ccccc1)C1c2ccccc2C(=O)N(C2CCCC2)C1c1cccs1. The molecule has 2 atom stereocenters. The molecule has 1 saturated carbocycles. The van der Waals surface area contributed by atoms with Gasteiger partial charge in [0.05, 0.1) is 12.0 Å². The quantitative estimate of drug-likeness (QED) is 0.559. The van der Waals surface area contributed by atoms with E-state index in [0.29, 0.717) is 12.1 Å². The van der Waals surface area contributed by atoms with Crippen LogP contribution in [0.3, 0.4) is 0 Å². The molecule has 1 fully saturated rings. The Morgan fingerprint density at radius 1 is 0.969 bits per heavy atom. The van der Waals surface area contributed by atoms with Gasteiger partial charge < -0.3 is 10.2 Å². The molecular weight excluding hydrogens is 416 g/mol. The van der Waals surface area contributed by atoms with Gasteiger partial charge in [0.1, 0.15) is 0 Å². The molecule has 5 rings (SSSR count). The zero-order chi connectivity index (χ0) is 21.9. The van der Waals surface area contributed by atoms with Crippen molar-refractivity contribution in [3.8, 4) is 0 Å². The van der Waals surface area contributed by atoms with Gasteiger partial charge in [-0.25, -0.2) is 0 Å². The predicted octanol–water partition coefficient (Wildman–Crippen LogP) is 5.33. The minimum atomic E-state index is -0.404. The third-order valence-electron chi connectivity index (χ3n) is 6.77. The number of thiophene rings is 1. The molecule has 2 heterocycles. The Kier molecular flexibility index (Phi) is 6.08. The number of hydrogen-bond donors (Lipinski definition) is 1. The number of fused-ring (bicyclic) bond motifs is 1. The molecule has 3 aromatic rings. The topological polar surface area (TPSA) is 49.4 Å². The van der Waals surface area contributed by atoms with Crippen LogP contribution in [0.5, 0.6) is 0 Å². The molecule has 0 bridgehead atoms. The zero-order valence-corrected chi connectivity index (χ0v) is 18.9. The lowest BCUT2D eigenvalue weighted by atomic mass is 9.80. The molecule has 0 spiro atoms. The van der Waals surface area contributed by atoms with Crippen molar-refractivity contribution in [1.82, 2.24) is 10.2 Å². The van der Waals surface area contributed by atoms with E-state index in [1.54, 1.807) is 11.3 Å². The predicted molar refractivity (Wildman–Crippen MR) is 128 cm³/mol. The second kappa shape index (κ2) is 9.29. The molecule has 32 heavy (non-hydrogen) atoms. The first-order valence-corrected chi connectivity index (χ1v) is 12.4. The van der Waals surface area contributed by atoms with Crippen molar-refractivity contribution in [2.45, 2.75) is 50.1 Å². The third kappa shape index (κ3) is 3.97. The number of benzene rings is 2. The first kappa shape index (κ1) is 21.0. The fraction of sp³-hybridized carbons (Fsp3) is 0.333. The Morgan fingerprint density at radius 3 is 2.47 bits per heavy atom. The number of carbonyl (C=O) groups excluding carboxylic acids is 2. The minimum absolute atomic E-state index is 0.00211. The second-order valence-electron chi connectivity index (χ2n) is 8.70. The number of hydrogen-bond acceptors (Lipinski definition) is 3. The molecule has 1 aromatic heterocycles. The molecule has 1 aliphatic carbocycles. The van der Waals surface area contributed by atoms with Crippen LogP contribution in [0.4, 0.5) is 0 Å². The van der Waals surface area contributed by atoms with Crippen molar-refractivity contribution < 1.29 is 9.59 Å². The van der Waals surface area contributed by atoms with Crippen LogP contribution in [0.15, 0.2) is 72.1 Å². The lowest BCUT2D eigenvalue weighted by Gasteiger charge is -2.44. The molecule has 2 aliphatic rings. The Bertz CT molecular complexity index is 1070. The van der Waals surface area contributed by atoms with Gasteiger partial charge in [0, 0.05) is 23.0 Å². The van der Waals surface area contributed by atoms with Crippen LogP contribution in [0.2, 0.25) is 0 Å². The smallest absolute Gasteiger partial charge is 0.254 e. The standard InChI is InChI=1S/C27H28N2O2S/c30-26(28-17-16-19-9-2-1-3-10-19)24-21-13-6-7-14-22(21)27(31)29(20-11-4-5-12-20)25(24)23-15-8-18-32-23/h1-3,6-10,13-15,18,20,24-25H,4-5,11-12,16-17H2,(H,28,30). The van der Waals surface area contributed by atoms with Gasteiger partial charge in [-0.15, -0.1) is 11.3 Å². The van der Waals surface area contributed by atoms with Gasteiger partial charge in [-0.2, -0.15) is 0 Å². The molecule has 2 unspecified atom stereocenters. The highest BCUT2D eigenvalue weighted by atomic mass is 32.1. The molecule has 0 radical (unpaired) electrons. The van der Waals surface area contributed by atoms with E-state index in [0.717, 1.165) is 42.5 Å². The van der Waals surface area contributed by atoms with Gasteiger partial charge in [0.15, 0.2) is 0 Å². The first-order valence-electron chi connectivity index (χ1n) is 11.5. The number of nitrogens with one attached hydrogen (secondary N) is 1. The molecule has 1 N–H and O–H groups in total. The minimum Gasteiger partial charge on any atom is -0.355 e. The van der Waals surface area contributed by atoms with Gasteiger partial charge in [-0.05, 0) is 47.9 Å². The maximum atomic E-state index is 13.7. The highest BCUT2D eigenvalue weighted by Crippen LogP contribution is 2.47. The van der Waals surface area contributed by atoms with Crippen molar-refractivity contribution >= 4 is 23.2 Å². The van der Waals surface area contributed by atoms with Gasteiger partial charge in [-0.1, -0.05) is 67.4 Å². The Balaban J connectivity index is 1.49. The average Bonchev–Trinajstić information content (AvgIpc) is 3.54. The van der Waals surface area contributed by atoms with E-state index in [1.807, 2.05) is 58.8 Å². The van der Waals surface area contributed by atoms with E-state index in [-0.39, 0.29) is 23.9 Å². The van der Waals surface area contributed by atoms with Crippen LogP contribution in [0, 0.1) is 0 Å². The fourth-order valence-corrected chi connectivity index (χ4v) is 6.13.